The van der Waals surface area contributed by atoms with Gasteiger partial charge < -0.3 is 5.73 Å². The van der Waals surface area contributed by atoms with E-state index in [0.29, 0.717) is 5.41 Å². The molecule has 0 aromatic rings. The van der Waals surface area contributed by atoms with E-state index >= 15 is 0 Å². The standard InChI is InChI=1S/C12H21N/c13-8-12-5-9-1-2-10(6-12)4-11(3-9)7-12/h9-11H,1-8,13H2. The van der Waals surface area contributed by atoms with E-state index in [4.69, 9.17) is 5.73 Å². The minimum absolute atomic E-state index is 0.604. The first-order valence-corrected chi connectivity index (χ1v) is 6.00. The lowest BCUT2D eigenvalue weighted by Crippen LogP contribution is -2.42. The molecule has 0 amide bonds. The Bertz CT molecular complexity index is 195. The highest BCUT2D eigenvalue weighted by molar-refractivity contribution is 4.99. The summed E-state index contributed by atoms with van der Waals surface area (Å²) in [7, 11) is 0. The summed E-state index contributed by atoms with van der Waals surface area (Å²) in [6, 6.07) is 0. The minimum atomic E-state index is 0.604. The molecule has 0 aromatic heterocycles. The van der Waals surface area contributed by atoms with Crippen molar-refractivity contribution in [1.29, 1.82) is 0 Å². The quantitative estimate of drug-likeness (QED) is 0.657. The monoisotopic (exact) mass is 179 g/mol. The van der Waals surface area contributed by atoms with Gasteiger partial charge in [-0.2, -0.15) is 0 Å². The van der Waals surface area contributed by atoms with Crippen LogP contribution < -0.4 is 5.73 Å². The lowest BCUT2D eigenvalue weighted by atomic mass is 9.58. The van der Waals surface area contributed by atoms with Crippen LogP contribution in [0.25, 0.3) is 0 Å². The van der Waals surface area contributed by atoms with E-state index in [1.807, 2.05) is 0 Å². The van der Waals surface area contributed by atoms with Crippen molar-refractivity contribution in [2.45, 2.75) is 44.9 Å². The van der Waals surface area contributed by atoms with E-state index in [-0.39, 0.29) is 0 Å². The molecule has 4 rings (SSSR count). The molecule has 13 heavy (non-hydrogen) atoms. The van der Waals surface area contributed by atoms with Crippen molar-refractivity contribution < 1.29 is 0 Å². The third-order valence-corrected chi connectivity index (χ3v) is 4.91. The number of hydrogen-bond acceptors (Lipinski definition) is 1. The van der Waals surface area contributed by atoms with Crippen molar-refractivity contribution in [2.75, 3.05) is 6.54 Å². The minimum Gasteiger partial charge on any atom is -0.330 e. The van der Waals surface area contributed by atoms with Gasteiger partial charge >= 0.3 is 0 Å². The fourth-order valence-corrected chi connectivity index (χ4v) is 4.62. The summed E-state index contributed by atoms with van der Waals surface area (Å²) in [5.74, 6) is 3.16. The maximum atomic E-state index is 6.00. The Morgan fingerprint density at radius 3 is 2.00 bits per heavy atom. The molecule has 1 heteroatoms. The Hall–Kier alpha value is -0.0400. The summed E-state index contributed by atoms with van der Waals surface area (Å²) >= 11 is 0. The molecule has 0 spiro atoms. The molecule has 74 valence electrons. The molecule has 0 radical (unpaired) electrons. The van der Waals surface area contributed by atoms with Gasteiger partial charge in [0, 0.05) is 0 Å². The van der Waals surface area contributed by atoms with Gasteiger partial charge in [-0.1, -0.05) is 12.8 Å². The number of nitrogens with two attached hydrogens (primary N) is 1. The molecule has 4 aliphatic carbocycles. The topological polar surface area (TPSA) is 26.0 Å². The highest BCUT2D eigenvalue weighted by Gasteiger charge is 2.47. The van der Waals surface area contributed by atoms with Crippen molar-refractivity contribution >= 4 is 0 Å². The van der Waals surface area contributed by atoms with Crippen LogP contribution in [0.5, 0.6) is 0 Å². The molecule has 0 aromatic carbocycles. The zero-order valence-corrected chi connectivity index (χ0v) is 8.47. The second-order valence-corrected chi connectivity index (χ2v) is 5.96. The Balaban J connectivity index is 1.92. The van der Waals surface area contributed by atoms with Crippen LogP contribution in [0.3, 0.4) is 0 Å². The number of rotatable bonds is 1. The fourth-order valence-electron chi connectivity index (χ4n) is 4.62. The molecule has 4 fully saturated rings. The normalized spacial score (nSPS) is 53.8. The molecule has 2 unspecified atom stereocenters. The van der Waals surface area contributed by atoms with Crippen LogP contribution in [-0.4, -0.2) is 6.54 Å². The lowest BCUT2D eigenvalue weighted by Gasteiger charge is -2.47. The highest BCUT2D eigenvalue weighted by Crippen LogP contribution is 2.57. The Kier molecular flexibility index (Phi) is 1.74. The van der Waals surface area contributed by atoms with Crippen molar-refractivity contribution in [1.82, 2.24) is 0 Å². The summed E-state index contributed by atoms with van der Waals surface area (Å²) in [6.07, 6.45) is 10.5. The van der Waals surface area contributed by atoms with Gasteiger partial charge in [0.05, 0.1) is 0 Å². The molecule has 4 aliphatic rings. The molecule has 2 atom stereocenters. The van der Waals surface area contributed by atoms with Crippen LogP contribution >= 0.6 is 0 Å². The van der Waals surface area contributed by atoms with E-state index in [1.165, 1.54) is 44.9 Å². The van der Waals surface area contributed by atoms with E-state index in [9.17, 15) is 0 Å². The predicted octanol–water partition coefficient (Wildman–Crippen LogP) is 2.55. The summed E-state index contributed by atoms with van der Waals surface area (Å²) < 4.78 is 0. The third-order valence-electron chi connectivity index (χ3n) is 4.91. The first kappa shape index (κ1) is 8.28. The van der Waals surface area contributed by atoms with Crippen LogP contribution in [-0.2, 0) is 0 Å². The summed E-state index contributed by atoms with van der Waals surface area (Å²) in [6.45, 7) is 0.969. The van der Waals surface area contributed by atoms with Gasteiger partial charge in [-0.05, 0) is 61.8 Å². The molecule has 0 saturated heterocycles. The SMILES string of the molecule is NCC12CC3CCC(CC(C3)C1)C2. The Morgan fingerprint density at radius 2 is 1.46 bits per heavy atom. The van der Waals surface area contributed by atoms with Gasteiger partial charge in [0.25, 0.3) is 0 Å². The van der Waals surface area contributed by atoms with Crippen LogP contribution in [0.1, 0.15) is 44.9 Å². The maximum absolute atomic E-state index is 6.00. The first-order chi connectivity index (χ1) is 6.30. The molecular formula is C12H21N. The predicted molar refractivity (Wildman–Crippen MR) is 54.3 cm³/mol. The molecule has 0 heterocycles. The average molecular weight is 179 g/mol. The number of hydrogen-bond donors (Lipinski definition) is 1. The van der Waals surface area contributed by atoms with Gasteiger partial charge in [0.1, 0.15) is 0 Å². The fraction of sp³-hybridized carbons (Fsp3) is 1.00. The average Bonchev–Trinajstić information content (AvgIpc) is 2.33. The summed E-state index contributed by atoms with van der Waals surface area (Å²) in [5, 5.41) is 0. The van der Waals surface area contributed by atoms with Gasteiger partial charge in [0.15, 0.2) is 0 Å². The molecule has 1 nitrogen and oxygen atoms in total. The second-order valence-electron chi connectivity index (χ2n) is 5.96. The van der Waals surface area contributed by atoms with Crippen LogP contribution in [0, 0.1) is 23.2 Å². The van der Waals surface area contributed by atoms with Crippen LogP contribution in [0.15, 0.2) is 0 Å². The van der Waals surface area contributed by atoms with Gasteiger partial charge in [-0.3, -0.25) is 0 Å². The molecular weight excluding hydrogens is 158 g/mol. The van der Waals surface area contributed by atoms with E-state index < -0.39 is 0 Å². The lowest BCUT2D eigenvalue weighted by molar-refractivity contribution is 0.0422. The summed E-state index contributed by atoms with van der Waals surface area (Å²) in [4.78, 5) is 0. The third kappa shape index (κ3) is 1.24. The molecule has 4 saturated carbocycles. The van der Waals surface area contributed by atoms with Gasteiger partial charge in [-0.15, -0.1) is 0 Å². The van der Waals surface area contributed by atoms with Crippen LogP contribution in [0.2, 0.25) is 0 Å². The maximum Gasteiger partial charge on any atom is -0.00202 e. The Morgan fingerprint density at radius 1 is 0.923 bits per heavy atom. The Labute approximate surface area is 81.1 Å². The summed E-state index contributed by atoms with van der Waals surface area (Å²) in [5.41, 5.74) is 6.60. The smallest absolute Gasteiger partial charge is 0.00202 e. The van der Waals surface area contributed by atoms with E-state index in [0.717, 1.165) is 24.3 Å². The van der Waals surface area contributed by atoms with Crippen molar-refractivity contribution in [3.05, 3.63) is 0 Å². The van der Waals surface area contributed by atoms with Gasteiger partial charge in [0.2, 0.25) is 0 Å². The van der Waals surface area contributed by atoms with E-state index in [2.05, 4.69) is 0 Å². The molecule has 0 aliphatic heterocycles. The largest absolute Gasteiger partial charge is 0.330 e. The van der Waals surface area contributed by atoms with Crippen molar-refractivity contribution in [3.8, 4) is 0 Å². The highest BCUT2D eigenvalue weighted by atomic mass is 14.6. The molecule has 2 N–H and O–H groups in total. The van der Waals surface area contributed by atoms with E-state index in [1.54, 1.807) is 0 Å². The zero-order chi connectivity index (χ0) is 8.89. The van der Waals surface area contributed by atoms with Crippen molar-refractivity contribution in [3.63, 3.8) is 0 Å². The van der Waals surface area contributed by atoms with Crippen LogP contribution in [0.4, 0.5) is 0 Å². The van der Waals surface area contributed by atoms with Gasteiger partial charge in [-0.25, -0.2) is 0 Å². The number of fused-ring (bicyclic) bond motifs is 1. The molecule has 4 bridgehead atoms. The van der Waals surface area contributed by atoms with Crippen molar-refractivity contribution in [2.24, 2.45) is 28.9 Å². The zero-order valence-electron chi connectivity index (χ0n) is 8.47. The second kappa shape index (κ2) is 2.73. The first-order valence-electron chi connectivity index (χ1n) is 6.00.